The molecule has 1 saturated carbocycles. The molecule has 2 rings (SSSR count). The van der Waals surface area contributed by atoms with Crippen LogP contribution in [-0.2, 0) is 6.42 Å². The Morgan fingerprint density at radius 2 is 2.38 bits per heavy atom. The first-order chi connectivity index (χ1) is 7.34. The Morgan fingerprint density at radius 3 is 3.00 bits per heavy atom. The molecule has 0 spiro atoms. The average Bonchev–Trinajstić information content (AvgIpc) is 3.03. The van der Waals surface area contributed by atoms with E-state index in [9.17, 15) is 0 Å². The zero-order valence-corrected chi connectivity index (χ0v) is 11.4. The van der Waals surface area contributed by atoms with Gasteiger partial charge in [0.25, 0.3) is 0 Å². The zero-order chi connectivity index (χ0) is 10.5. The lowest BCUT2D eigenvalue weighted by molar-refractivity contribution is 0.869. The lowest BCUT2D eigenvalue weighted by Crippen LogP contribution is -2.33. The Morgan fingerprint density at radius 1 is 1.56 bits per heavy atom. The van der Waals surface area contributed by atoms with Crippen molar-refractivity contribution < 1.29 is 0 Å². The number of aromatic nitrogens is 1. The molecule has 1 aromatic rings. The molecular formula is C11H17IN4. The standard InChI is InChI=1S/C11H16N4.HI/c12-11(15-10-3-4-10)14-7-5-9-2-1-6-13-8-9;/h1-2,6,8,10H,3-5,7H2,(H3,12,14,15);1H. The highest BCUT2D eigenvalue weighted by Crippen LogP contribution is 2.17. The maximum Gasteiger partial charge on any atom is 0.188 e. The molecule has 0 unspecified atom stereocenters. The van der Waals surface area contributed by atoms with E-state index in [4.69, 9.17) is 5.73 Å². The van der Waals surface area contributed by atoms with Gasteiger partial charge in [-0.05, 0) is 30.9 Å². The van der Waals surface area contributed by atoms with E-state index >= 15 is 0 Å². The van der Waals surface area contributed by atoms with Crippen LogP contribution in [0.4, 0.5) is 0 Å². The van der Waals surface area contributed by atoms with E-state index in [2.05, 4.69) is 15.3 Å². The van der Waals surface area contributed by atoms with Gasteiger partial charge in [-0.2, -0.15) is 0 Å². The van der Waals surface area contributed by atoms with Gasteiger partial charge < -0.3 is 11.1 Å². The predicted octanol–water partition coefficient (Wildman–Crippen LogP) is 1.31. The van der Waals surface area contributed by atoms with Crippen LogP contribution < -0.4 is 11.1 Å². The van der Waals surface area contributed by atoms with Gasteiger partial charge in [-0.1, -0.05) is 6.07 Å². The second-order valence-corrected chi connectivity index (χ2v) is 3.80. The monoisotopic (exact) mass is 332 g/mol. The second kappa shape index (κ2) is 6.67. The Labute approximate surface area is 113 Å². The fraction of sp³-hybridized carbons (Fsp3) is 0.455. The summed E-state index contributed by atoms with van der Waals surface area (Å²) in [5.74, 6) is 0.571. The minimum Gasteiger partial charge on any atom is -0.370 e. The van der Waals surface area contributed by atoms with Crippen LogP contribution in [0.5, 0.6) is 0 Å². The highest BCUT2D eigenvalue weighted by molar-refractivity contribution is 14.0. The molecule has 5 heteroatoms. The highest BCUT2D eigenvalue weighted by atomic mass is 127. The number of hydrogen-bond donors (Lipinski definition) is 2. The first-order valence-electron chi connectivity index (χ1n) is 5.30. The van der Waals surface area contributed by atoms with Gasteiger partial charge in [-0.25, -0.2) is 0 Å². The smallest absolute Gasteiger partial charge is 0.188 e. The maximum absolute atomic E-state index is 5.70. The van der Waals surface area contributed by atoms with Gasteiger partial charge >= 0.3 is 0 Å². The van der Waals surface area contributed by atoms with Crippen LogP contribution in [0.25, 0.3) is 0 Å². The van der Waals surface area contributed by atoms with Crippen molar-refractivity contribution >= 4 is 29.9 Å². The summed E-state index contributed by atoms with van der Waals surface area (Å²) >= 11 is 0. The molecule has 3 N–H and O–H groups in total. The van der Waals surface area contributed by atoms with Crippen molar-refractivity contribution in [2.45, 2.75) is 25.3 Å². The van der Waals surface area contributed by atoms with Crippen LogP contribution in [0.2, 0.25) is 0 Å². The third-order valence-corrected chi connectivity index (χ3v) is 2.33. The third kappa shape index (κ3) is 4.78. The van der Waals surface area contributed by atoms with Gasteiger partial charge in [-0.3, -0.25) is 9.98 Å². The van der Waals surface area contributed by atoms with E-state index < -0.39 is 0 Å². The summed E-state index contributed by atoms with van der Waals surface area (Å²) in [7, 11) is 0. The summed E-state index contributed by atoms with van der Waals surface area (Å²) in [6.45, 7) is 0.719. The van der Waals surface area contributed by atoms with Gasteiger partial charge in [0, 0.05) is 25.0 Å². The fourth-order valence-corrected chi connectivity index (χ4v) is 1.33. The Bertz CT molecular complexity index is 335. The number of pyridine rings is 1. The number of guanidine groups is 1. The molecular weight excluding hydrogens is 315 g/mol. The minimum atomic E-state index is 0. The summed E-state index contributed by atoms with van der Waals surface area (Å²) in [4.78, 5) is 8.30. The van der Waals surface area contributed by atoms with Crippen molar-refractivity contribution in [3.8, 4) is 0 Å². The Hall–Kier alpha value is -0.850. The molecule has 0 aliphatic heterocycles. The summed E-state index contributed by atoms with van der Waals surface area (Å²) < 4.78 is 0. The maximum atomic E-state index is 5.70. The summed E-state index contributed by atoms with van der Waals surface area (Å²) in [6, 6.07) is 4.56. The van der Waals surface area contributed by atoms with Crippen LogP contribution in [-0.4, -0.2) is 23.5 Å². The van der Waals surface area contributed by atoms with Gasteiger partial charge in [0.2, 0.25) is 0 Å². The van der Waals surface area contributed by atoms with Crippen LogP contribution in [0.1, 0.15) is 18.4 Å². The van der Waals surface area contributed by atoms with Crippen molar-refractivity contribution in [1.29, 1.82) is 0 Å². The summed E-state index contributed by atoms with van der Waals surface area (Å²) in [6.07, 6.45) is 6.97. The SMILES string of the molecule is I.NC(=NCCc1cccnc1)NC1CC1. The van der Waals surface area contributed by atoms with Gasteiger partial charge in [0.1, 0.15) is 0 Å². The van der Waals surface area contributed by atoms with Gasteiger partial charge in [0.15, 0.2) is 5.96 Å². The van der Waals surface area contributed by atoms with Crippen molar-refractivity contribution in [3.05, 3.63) is 30.1 Å². The molecule has 1 aliphatic rings. The summed E-state index contributed by atoms with van der Waals surface area (Å²) in [5.41, 5.74) is 6.90. The molecule has 1 heterocycles. The molecule has 88 valence electrons. The number of aliphatic imine (C=N–C) groups is 1. The van der Waals surface area contributed by atoms with Crippen LogP contribution >= 0.6 is 24.0 Å². The predicted molar refractivity (Wildman–Crippen MR) is 76.0 cm³/mol. The van der Waals surface area contributed by atoms with Crippen molar-refractivity contribution in [1.82, 2.24) is 10.3 Å². The lowest BCUT2D eigenvalue weighted by atomic mass is 10.2. The third-order valence-electron chi connectivity index (χ3n) is 2.33. The van der Waals surface area contributed by atoms with Crippen LogP contribution in [0.3, 0.4) is 0 Å². The lowest BCUT2D eigenvalue weighted by Gasteiger charge is -2.02. The molecule has 0 bridgehead atoms. The van der Waals surface area contributed by atoms with E-state index in [1.807, 2.05) is 18.3 Å². The van der Waals surface area contributed by atoms with Crippen molar-refractivity contribution in [2.24, 2.45) is 10.7 Å². The number of hydrogen-bond acceptors (Lipinski definition) is 2. The van der Waals surface area contributed by atoms with E-state index in [0.29, 0.717) is 12.0 Å². The van der Waals surface area contributed by atoms with Crippen molar-refractivity contribution in [3.63, 3.8) is 0 Å². The van der Waals surface area contributed by atoms with Gasteiger partial charge in [-0.15, -0.1) is 24.0 Å². The largest absolute Gasteiger partial charge is 0.370 e. The van der Waals surface area contributed by atoms with E-state index in [-0.39, 0.29) is 24.0 Å². The molecule has 1 fully saturated rings. The van der Waals surface area contributed by atoms with E-state index in [1.54, 1.807) is 6.20 Å². The molecule has 0 aromatic carbocycles. The van der Waals surface area contributed by atoms with Crippen molar-refractivity contribution in [2.75, 3.05) is 6.54 Å². The minimum absolute atomic E-state index is 0. The topological polar surface area (TPSA) is 63.3 Å². The number of rotatable bonds is 4. The highest BCUT2D eigenvalue weighted by Gasteiger charge is 2.21. The Balaban J connectivity index is 0.00000128. The van der Waals surface area contributed by atoms with Crippen LogP contribution in [0, 0.1) is 0 Å². The normalized spacial score (nSPS) is 15.4. The van der Waals surface area contributed by atoms with Crippen LogP contribution in [0.15, 0.2) is 29.5 Å². The molecule has 0 saturated heterocycles. The molecule has 1 aliphatic carbocycles. The quantitative estimate of drug-likeness (QED) is 0.496. The summed E-state index contributed by atoms with van der Waals surface area (Å²) in [5, 5.41) is 3.15. The van der Waals surface area contributed by atoms with Gasteiger partial charge in [0.05, 0.1) is 0 Å². The molecule has 0 atom stereocenters. The molecule has 16 heavy (non-hydrogen) atoms. The molecule has 4 nitrogen and oxygen atoms in total. The van der Waals surface area contributed by atoms with E-state index in [1.165, 1.54) is 18.4 Å². The average molecular weight is 332 g/mol. The number of nitrogens with one attached hydrogen (secondary N) is 1. The first kappa shape index (κ1) is 13.2. The molecule has 1 aromatic heterocycles. The Kier molecular flexibility index (Phi) is 5.51. The van der Waals surface area contributed by atoms with E-state index in [0.717, 1.165) is 13.0 Å². The molecule has 0 radical (unpaired) electrons. The number of nitrogens with zero attached hydrogens (tertiary/aromatic N) is 2. The second-order valence-electron chi connectivity index (χ2n) is 3.80. The number of halogens is 1. The first-order valence-corrected chi connectivity index (χ1v) is 5.30. The number of nitrogens with two attached hydrogens (primary N) is 1. The zero-order valence-electron chi connectivity index (χ0n) is 9.10. The molecule has 0 amide bonds. The fourth-order valence-electron chi connectivity index (χ4n) is 1.33.